The molecule has 0 fully saturated rings. The first-order valence-corrected chi connectivity index (χ1v) is 5.25. The fourth-order valence-electron chi connectivity index (χ4n) is 0.653. The van der Waals surface area contributed by atoms with Gasteiger partial charge in [-0.05, 0) is 45.2 Å². The molecule has 1 aromatic heterocycles. The normalized spacial score (nSPS) is 11.5. The van der Waals surface area contributed by atoms with Gasteiger partial charge in [0.1, 0.15) is 3.70 Å². The van der Waals surface area contributed by atoms with E-state index in [2.05, 4.69) is 9.72 Å². The van der Waals surface area contributed by atoms with Crippen molar-refractivity contribution < 1.29 is 23.0 Å². The van der Waals surface area contributed by atoms with E-state index in [0.717, 1.165) is 0 Å². The largest absolute Gasteiger partial charge is 0.573 e. The molecule has 78 valence electrons. The SMILES string of the molecule is Oc1c(I)ncc(I)c1OC(F)(F)F. The topological polar surface area (TPSA) is 42.4 Å². The van der Waals surface area contributed by atoms with E-state index in [-0.39, 0.29) is 7.27 Å². The van der Waals surface area contributed by atoms with E-state index >= 15 is 0 Å². The van der Waals surface area contributed by atoms with E-state index in [1.807, 2.05) is 0 Å². The van der Waals surface area contributed by atoms with Crippen molar-refractivity contribution in [3.8, 4) is 11.5 Å². The van der Waals surface area contributed by atoms with Crippen LogP contribution in [0.5, 0.6) is 11.5 Å². The van der Waals surface area contributed by atoms with E-state index < -0.39 is 17.9 Å². The Balaban J connectivity index is 3.13. The second kappa shape index (κ2) is 4.24. The maximum atomic E-state index is 11.9. The maximum absolute atomic E-state index is 11.9. The van der Waals surface area contributed by atoms with Crippen molar-refractivity contribution in [3.05, 3.63) is 13.5 Å². The number of hydrogen-bond donors (Lipinski definition) is 1. The Kier molecular flexibility index (Phi) is 3.66. The number of aromatic hydroxyl groups is 1. The molecule has 0 spiro atoms. The van der Waals surface area contributed by atoms with Gasteiger partial charge in [-0.1, -0.05) is 0 Å². The van der Waals surface area contributed by atoms with Crippen LogP contribution >= 0.6 is 45.2 Å². The van der Waals surface area contributed by atoms with Gasteiger partial charge in [-0.3, -0.25) is 0 Å². The van der Waals surface area contributed by atoms with Crippen LogP contribution in [-0.2, 0) is 0 Å². The Hall–Kier alpha value is -0.000000000000000111. The molecule has 3 nitrogen and oxygen atoms in total. The van der Waals surface area contributed by atoms with Gasteiger partial charge in [0.25, 0.3) is 0 Å². The predicted molar refractivity (Wildman–Crippen MR) is 58.0 cm³/mol. The zero-order chi connectivity index (χ0) is 10.9. The van der Waals surface area contributed by atoms with Crippen LogP contribution in [0.15, 0.2) is 6.20 Å². The first-order chi connectivity index (χ1) is 6.31. The fourth-order valence-corrected chi connectivity index (χ4v) is 1.54. The van der Waals surface area contributed by atoms with Gasteiger partial charge in [-0.25, -0.2) is 4.98 Å². The highest BCUT2D eigenvalue weighted by Crippen LogP contribution is 2.37. The first kappa shape index (κ1) is 12.1. The van der Waals surface area contributed by atoms with Crippen LogP contribution in [0, 0.1) is 7.27 Å². The predicted octanol–water partition coefficient (Wildman–Crippen LogP) is 2.89. The van der Waals surface area contributed by atoms with Crippen molar-refractivity contribution in [1.29, 1.82) is 0 Å². The number of pyridine rings is 1. The first-order valence-electron chi connectivity index (χ1n) is 3.10. The van der Waals surface area contributed by atoms with Crippen LogP contribution in [0.1, 0.15) is 0 Å². The van der Waals surface area contributed by atoms with Crippen molar-refractivity contribution in [1.82, 2.24) is 4.98 Å². The summed E-state index contributed by atoms with van der Waals surface area (Å²) in [4.78, 5) is 3.65. The minimum Gasteiger partial charge on any atom is -0.502 e. The lowest BCUT2D eigenvalue weighted by molar-refractivity contribution is -0.275. The molecule has 0 radical (unpaired) electrons. The summed E-state index contributed by atoms with van der Waals surface area (Å²) in [7, 11) is 0. The molecule has 8 heteroatoms. The number of aromatic nitrogens is 1. The molecule has 1 N–H and O–H groups in total. The van der Waals surface area contributed by atoms with Gasteiger partial charge in [0.15, 0.2) is 11.5 Å². The summed E-state index contributed by atoms with van der Waals surface area (Å²) in [5.74, 6) is -1.22. The van der Waals surface area contributed by atoms with Crippen LogP contribution in [0.25, 0.3) is 0 Å². The van der Waals surface area contributed by atoms with Crippen LogP contribution in [0.4, 0.5) is 13.2 Å². The third-order valence-electron chi connectivity index (χ3n) is 1.14. The third-order valence-corrected chi connectivity index (χ3v) is 2.69. The zero-order valence-corrected chi connectivity index (χ0v) is 10.6. The Morgan fingerprint density at radius 1 is 1.36 bits per heavy atom. The Labute approximate surface area is 104 Å². The molecular weight excluding hydrogens is 429 g/mol. The van der Waals surface area contributed by atoms with Crippen LogP contribution < -0.4 is 4.74 Å². The number of rotatable bonds is 1. The second-order valence-corrected chi connectivity index (χ2v) is 4.31. The summed E-state index contributed by atoms with van der Waals surface area (Å²) >= 11 is 3.20. The van der Waals surface area contributed by atoms with Crippen molar-refractivity contribution in [2.75, 3.05) is 0 Å². The van der Waals surface area contributed by atoms with E-state index in [4.69, 9.17) is 0 Å². The molecule has 0 saturated heterocycles. The van der Waals surface area contributed by atoms with Gasteiger partial charge >= 0.3 is 6.36 Å². The lowest BCUT2D eigenvalue weighted by Crippen LogP contribution is -2.18. The van der Waals surface area contributed by atoms with E-state index in [1.165, 1.54) is 6.20 Å². The molecule has 0 aliphatic carbocycles. The van der Waals surface area contributed by atoms with E-state index in [1.54, 1.807) is 45.2 Å². The average Bonchev–Trinajstić information content (AvgIpc) is 2.04. The van der Waals surface area contributed by atoms with Gasteiger partial charge in [0, 0.05) is 6.20 Å². The third kappa shape index (κ3) is 3.00. The molecule has 0 aromatic carbocycles. The molecule has 1 aromatic rings. The monoisotopic (exact) mass is 431 g/mol. The zero-order valence-electron chi connectivity index (χ0n) is 6.27. The average molecular weight is 431 g/mol. The highest BCUT2D eigenvalue weighted by molar-refractivity contribution is 14.1. The summed E-state index contributed by atoms with van der Waals surface area (Å²) in [5.41, 5.74) is 0. The van der Waals surface area contributed by atoms with Gasteiger partial charge in [0.2, 0.25) is 0 Å². The summed E-state index contributed by atoms with van der Waals surface area (Å²) in [6, 6.07) is 0. The van der Waals surface area contributed by atoms with E-state index in [0.29, 0.717) is 0 Å². The molecular formula is C6H2F3I2NO2. The van der Waals surface area contributed by atoms with Gasteiger partial charge in [-0.2, -0.15) is 0 Å². The highest BCUT2D eigenvalue weighted by Gasteiger charge is 2.33. The minimum absolute atomic E-state index is 0.0577. The molecule has 0 saturated carbocycles. The molecule has 0 aliphatic heterocycles. The molecule has 0 atom stereocenters. The standard InChI is InChI=1S/C6H2F3I2NO2/c7-6(8,9)14-4-2(10)1-12-5(11)3(4)13/h1,13H. The van der Waals surface area contributed by atoms with Gasteiger partial charge < -0.3 is 9.84 Å². The molecule has 0 aliphatic rings. The van der Waals surface area contributed by atoms with Crippen LogP contribution in [-0.4, -0.2) is 16.5 Å². The van der Waals surface area contributed by atoms with Crippen LogP contribution in [0.3, 0.4) is 0 Å². The summed E-state index contributed by atoms with van der Waals surface area (Å²) in [6.07, 6.45) is -3.63. The van der Waals surface area contributed by atoms with Gasteiger partial charge in [-0.15, -0.1) is 13.2 Å². The van der Waals surface area contributed by atoms with Crippen LogP contribution in [0.2, 0.25) is 0 Å². The second-order valence-electron chi connectivity index (χ2n) is 2.12. The van der Waals surface area contributed by atoms with Crippen molar-refractivity contribution in [2.24, 2.45) is 0 Å². The lowest BCUT2D eigenvalue weighted by Gasteiger charge is -2.11. The molecule has 0 amide bonds. The number of nitrogens with zero attached hydrogens (tertiary/aromatic N) is 1. The van der Waals surface area contributed by atoms with Crippen molar-refractivity contribution in [2.45, 2.75) is 6.36 Å². The molecule has 14 heavy (non-hydrogen) atoms. The summed E-state index contributed by atoms with van der Waals surface area (Å²) in [5, 5.41) is 9.24. The summed E-state index contributed by atoms with van der Waals surface area (Å²) < 4.78 is 39.4. The quantitative estimate of drug-likeness (QED) is 0.550. The summed E-state index contributed by atoms with van der Waals surface area (Å²) in [6.45, 7) is 0. The minimum atomic E-state index is -4.82. The van der Waals surface area contributed by atoms with E-state index in [9.17, 15) is 18.3 Å². The Bertz CT molecular complexity index is 356. The number of hydrogen-bond acceptors (Lipinski definition) is 3. The molecule has 0 unspecified atom stereocenters. The molecule has 1 heterocycles. The fraction of sp³-hybridized carbons (Fsp3) is 0.167. The molecule has 0 bridgehead atoms. The molecule has 1 rings (SSSR count). The Morgan fingerprint density at radius 2 is 1.93 bits per heavy atom. The lowest BCUT2D eigenvalue weighted by atomic mass is 10.4. The smallest absolute Gasteiger partial charge is 0.502 e. The maximum Gasteiger partial charge on any atom is 0.573 e. The Morgan fingerprint density at radius 3 is 2.43 bits per heavy atom. The van der Waals surface area contributed by atoms with Crippen molar-refractivity contribution >= 4 is 45.2 Å². The van der Waals surface area contributed by atoms with Crippen molar-refractivity contribution in [3.63, 3.8) is 0 Å². The number of halogens is 5. The highest BCUT2D eigenvalue weighted by atomic mass is 127. The number of alkyl halides is 3. The van der Waals surface area contributed by atoms with Gasteiger partial charge in [0.05, 0.1) is 3.57 Å². The number of ether oxygens (including phenoxy) is 1.